The molecule has 2 N–H and O–H groups in total. The van der Waals surface area contributed by atoms with Gasteiger partial charge in [-0.2, -0.15) is 0 Å². The summed E-state index contributed by atoms with van der Waals surface area (Å²) in [5.41, 5.74) is 0.840. The number of sulfonamides is 1. The van der Waals surface area contributed by atoms with Gasteiger partial charge in [-0.15, -0.1) is 0 Å². The van der Waals surface area contributed by atoms with Gasteiger partial charge in [-0.25, -0.2) is 13.1 Å². The van der Waals surface area contributed by atoms with E-state index in [2.05, 4.69) is 26.7 Å². The van der Waals surface area contributed by atoms with Gasteiger partial charge in [0.15, 0.2) is 0 Å². The number of hydrogen-bond acceptors (Lipinski definition) is 3. The summed E-state index contributed by atoms with van der Waals surface area (Å²) in [6.45, 7) is 0. The lowest BCUT2D eigenvalue weighted by atomic mass is 9.83. The second kappa shape index (κ2) is 10.0. The minimum absolute atomic E-state index is 0.0167. The second-order valence-corrected chi connectivity index (χ2v) is 10.5. The Balaban J connectivity index is 1.58. The average molecular weight is 482 g/mol. The topological polar surface area (TPSA) is 83.5 Å². The maximum absolute atomic E-state index is 12.6. The van der Waals surface area contributed by atoms with Crippen molar-refractivity contribution in [2.24, 2.45) is 17.8 Å². The van der Waals surface area contributed by atoms with Crippen LogP contribution < -0.4 is 4.72 Å². The number of nitrogens with one attached hydrogen (secondary N) is 1. The van der Waals surface area contributed by atoms with Crippen LogP contribution in [-0.4, -0.2) is 25.5 Å². The fourth-order valence-corrected chi connectivity index (χ4v) is 6.07. The van der Waals surface area contributed by atoms with Crippen molar-refractivity contribution in [3.63, 3.8) is 0 Å². The Morgan fingerprint density at radius 2 is 1.90 bits per heavy atom. The molecule has 0 heterocycles. The molecule has 2 saturated carbocycles. The van der Waals surface area contributed by atoms with Crippen LogP contribution >= 0.6 is 15.9 Å². The summed E-state index contributed by atoms with van der Waals surface area (Å²) in [5.74, 6) is 0.547. The number of benzene rings is 1. The van der Waals surface area contributed by atoms with Gasteiger partial charge < -0.3 is 5.11 Å². The first kappa shape index (κ1) is 22.2. The van der Waals surface area contributed by atoms with Crippen LogP contribution in [0.1, 0.15) is 50.5 Å². The lowest BCUT2D eigenvalue weighted by Gasteiger charge is -2.30. The highest BCUT2D eigenvalue weighted by atomic mass is 79.9. The summed E-state index contributed by atoms with van der Waals surface area (Å²) in [6.07, 6.45) is 11.5. The predicted molar refractivity (Wildman–Crippen MR) is 119 cm³/mol. The third kappa shape index (κ3) is 6.52. The molecular weight excluding hydrogens is 454 g/mol. The van der Waals surface area contributed by atoms with Gasteiger partial charge in [-0.05, 0) is 80.1 Å². The van der Waals surface area contributed by atoms with Crippen molar-refractivity contribution in [2.45, 2.75) is 51.0 Å². The van der Waals surface area contributed by atoms with Crippen molar-refractivity contribution < 1.29 is 18.3 Å². The van der Waals surface area contributed by atoms with E-state index in [1.807, 2.05) is 30.3 Å². The van der Waals surface area contributed by atoms with E-state index in [1.165, 1.54) is 11.8 Å². The zero-order chi connectivity index (χ0) is 20.9. The van der Waals surface area contributed by atoms with E-state index in [9.17, 15) is 13.2 Å². The smallest absolute Gasteiger partial charge is 0.303 e. The molecule has 4 unspecified atom stereocenters. The average Bonchev–Trinajstić information content (AvgIpc) is 3.26. The Morgan fingerprint density at radius 1 is 1.17 bits per heavy atom. The maximum Gasteiger partial charge on any atom is 0.303 e. The Kier molecular flexibility index (Phi) is 7.71. The van der Waals surface area contributed by atoms with Crippen molar-refractivity contribution in [3.05, 3.63) is 51.9 Å². The largest absolute Gasteiger partial charge is 0.481 e. The van der Waals surface area contributed by atoms with Crippen LogP contribution in [0.15, 0.2) is 46.3 Å². The summed E-state index contributed by atoms with van der Waals surface area (Å²) < 4.78 is 29.2. The van der Waals surface area contributed by atoms with Crippen molar-refractivity contribution in [1.82, 2.24) is 4.72 Å². The summed E-state index contributed by atoms with van der Waals surface area (Å²) in [4.78, 5) is 10.6. The summed E-state index contributed by atoms with van der Waals surface area (Å²) in [7, 11) is -3.51. The van der Waals surface area contributed by atoms with Crippen LogP contribution in [-0.2, 0) is 14.8 Å². The monoisotopic (exact) mass is 481 g/mol. The molecule has 1 aromatic carbocycles. The third-order valence-electron chi connectivity index (χ3n) is 6.03. The molecule has 158 valence electrons. The normalized spacial score (nSPS) is 26.7. The summed E-state index contributed by atoms with van der Waals surface area (Å²) in [6, 6.07) is 7.48. The molecule has 29 heavy (non-hydrogen) atoms. The second-order valence-electron chi connectivity index (χ2n) is 8.03. The Bertz CT molecular complexity index is 863. The van der Waals surface area contributed by atoms with Crippen molar-refractivity contribution in [1.29, 1.82) is 0 Å². The maximum atomic E-state index is 12.6. The van der Waals surface area contributed by atoms with Crippen molar-refractivity contribution in [2.75, 3.05) is 0 Å². The number of halogens is 1. The number of unbranched alkanes of at least 4 members (excludes halogenated alkanes) is 1. The van der Waals surface area contributed by atoms with Crippen LogP contribution in [0.3, 0.4) is 0 Å². The zero-order valence-electron chi connectivity index (χ0n) is 16.3. The Hall–Kier alpha value is -1.44. The third-order valence-corrected chi connectivity index (χ3v) is 7.66. The van der Waals surface area contributed by atoms with E-state index in [-0.39, 0.29) is 12.5 Å². The van der Waals surface area contributed by atoms with E-state index in [4.69, 9.17) is 5.11 Å². The van der Waals surface area contributed by atoms with Gasteiger partial charge in [0.25, 0.3) is 0 Å². The van der Waals surface area contributed by atoms with E-state index in [0.29, 0.717) is 24.2 Å². The molecule has 0 aromatic heterocycles. The van der Waals surface area contributed by atoms with Crippen molar-refractivity contribution in [3.8, 4) is 0 Å². The molecule has 2 fully saturated rings. The Labute approximate surface area is 181 Å². The number of carboxylic acid groups (broad SMARTS) is 1. The van der Waals surface area contributed by atoms with Crippen LogP contribution in [0.25, 0.3) is 6.08 Å². The number of hydrogen-bond donors (Lipinski definition) is 2. The number of carboxylic acids is 1. The SMILES string of the molecule is O=C(O)CCC/C=C/CC1C2CCC(C2)C1NS(=O)(=O)/C=C/c1ccc(Br)cc1. The van der Waals surface area contributed by atoms with E-state index < -0.39 is 16.0 Å². The van der Waals surface area contributed by atoms with E-state index >= 15 is 0 Å². The highest BCUT2D eigenvalue weighted by molar-refractivity contribution is 9.10. The van der Waals surface area contributed by atoms with Crippen LogP contribution in [0.2, 0.25) is 0 Å². The first-order chi connectivity index (χ1) is 13.8. The Morgan fingerprint density at radius 3 is 2.62 bits per heavy atom. The van der Waals surface area contributed by atoms with Gasteiger partial charge in [0.05, 0.1) is 0 Å². The molecule has 0 amide bonds. The fourth-order valence-electron chi connectivity index (χ4n) is 4.65. The quantitative estimate of drug-likeness (QED) is 0.365. The van der Waals surface area contributed by atoms with Crippen LogP contribution in [0, 0.1) is 17.8 Å². The zero-order valence-corrected chi connectivity index (χ0v) is 18.7. The van der Waals surface area contributed by atoms with Gasteiger partial charge >= 0.3 is 5.97 Å². The fraction of sp³-hybridized carbons (Fsp3) is 0.500. The molecule has 7 heteroatoms. The van der Waals surface area contributed by atoms with Crippen LogP contribution in [0.4, 0.5) is 0 Å². The van der Waals surface area contributed by atoms with Gasteiger partial charge in [0, 0.05) is 22.3 Å². The molecule has 0 aliphatic heterocycles. The molecule has 2 aliphatic rings. The van der Waals surface area contributed by atoms with E-state index in [0.717, 1.165) is 35.7 Å². The molecule has 3 rings (SSSR count). The van der Waals surface area contributed by atoms with Gasteiger partial charge in [-0.3, -0.25) is 4.79 Å². The highest BCUT2D eigenvalue weighted by Crippen LogP contribution is 2.50. The molecule has 0 radical (unpaired) electrons. The van der Waals surface area contributed by atoms with Crippen molar-refractivity contribution >= 4 is 38.0 Å². The van der Waals surface area contributed by atoms with Crippen LogP contribution in [0.5, 0.6) is 0 Å². The lowest BCUT2D eigenvalue weighted by molar-refractivity contribution is -0.137. The molecular formula is C22H28BrNO4S. The lowest BCUT2D eigenvalue weighted by Crippen LogP contribution is -2.43. The molecule has 0 saturated heterocycles. The van der Waals surface area contributed by atoms with Gasteiger partial charge in [0.2, 0.25) is 10.0 Å². The number of aliphatic carboxylic acids is 1. The number of carbonyl (C=O) groups is 1. The summed E-state index contributed by atoms with van der Waals surface area (Å²) >= 11 is 3.37. The number of allylic oxidation sites excluding steroid dienone is 2. The molecule has 4 atom stereocenters. The highest BCUT2D eigenvalue weighted by Gasteiger charge is 2.47. The predicted octanol–water partition coefficient (Wildman–Crippen LogP) is 4.96. The standard InChI is InChI=1S/C22H28BrNO4S/c23-19-11-7-16(8-12-19)13-14-29(27,28)24-22-18-10-9-17(15-18)20(22)5-3-1-2-4-6-21(25)26/h1,3,7-8,11-14,17-18,20,22,24H,2,4-6,9-10,15H2,(H,25,26)/b3-1+,14-13+. The van der Waals surface area contributed by atoms with E-state index in [1.54, 1.807) is 6.08 Å². The summed E-state index contributed by atoms with van der Waals surface area (Å²) in [5, 5.41) is 9.95. The number of fused-ring (bicyclic) bond motifs is 2. The molecule has 5 nitrogen and oxygen atoms in total. The molecule has 1 aromatic rings. The minimum Gasteiger partial charge on any atom is -0.481 e. The first-order valence-corrected chi connectivity index (χ1v) is 12.5. The van der Waals surface area contributed by atoms with Gasteiger partial charge in [-0.1, -0.05) is 40.2 Å². The first-order valence-electron chi connectivity index (χ1n) is 10.2. The molecule has 2 bridgehead atoms. The molecule has 0 spiro atoms. The van der Waals surface area contributed by atoms with Gasteiger partial charge in [0.1, 0.15) is 0 Å². The minimum atomic E-state index is -3.51. The number of rotatable bonds is 10. The molecule has 2 aliphatic carbocycles.